The van der Waals surface area contributed by atoms with Gasteiger partial charge in [-0.3, -0.25) is 4.79 Å². The number of nitrogens with zero attached hydrogens (tertiary/aromatic N) is 4. The molecule has 0 saturated heterocycles. The van der Waals surface area contributed by atoms with Crippen LogP contribution in [0.15, 0.2) is 96.4 Å². The summed E-state index contributed by atoms with van der Waals surface area (Å²) in [5.74, 6) is -0.344. The van der Waals surface area contributed by atoms with Gasteiger partial charge in [-0.15, -0.1) is 0 Å². The van der Waals surface area contributed by atoms with Crippen molar-refractivity contribution in [2.75, 3.05) is 7.05 Å². The maximum absolute atomic E-state index is 13.2. The van der Waals surface area contributed by atoms with E-state index in [2.05, 4.69) is 10.1 Å². The van der Waals surface area contributed by atoms with E-state index in [1.807, 2.05) is 31.2 Å². The van der Waals surface area contributed by atoms with Gasteiger partial charge < -0.3 is 4.90 Å². The zero-order valence-electron chi connectivity index (χ0n) is 18.4. The highest BCUT2D eigenvalue weighted by Gasteiger charge is 2.21. The molecule has 0 bridgehead atoms. The van der Waals surface area contributed by atoms with Crippen LogP contribution in [0.3, 0.4) is 0 Å². The van der Waals surface area contributed by atoms with Gasteiger partial charge in [0, 0.05) is 12.6 Å². The minimum Gasteiger partial charge on any atom is -0.335 e. The summed E-state index contributed by atoms with van der Waals surface area (Å²) in [5, 5.41) is 4.12. The van der Waals surface area contributed by atoms with Crippen LogP contribution in [0.2, 0.25) is 0 Å². The standard InChI is InChI=1S/C25H24N4O3S/c1-19(21-11-13-23(14-12-21)29-18-26-17-27-29)28(2)25(30)22-8-6-7-20(15-22)16-33(31,32)24-9-4-3-5-10-24/h3-15,17-19H,16H2,1-2H3. The van der Waals surface area contributed by atoms with Gasteiger partial charge in [-0.25, -0.2) is 18.1 Å². The van der Waals surface area contributed by atoms with Crippen LogP contribution in [0.5, 0.6) is 0 Å². The molecule has 1 atom stereocenters. The van der Waals surface area contributed by atoms with E-state index >= 15 is 0 Å². The molecule has 0 aliphatic heterocycles. The summed E-state index contributed by atoms with van der Waals surface area (Å²) in [7, 11) is -1.75. The molecule has 7 nitrogen and oxygen atoms in total. The Morgan fingerprint density at radius 1 is 1.00 bits per heavy atom. The average molecular weight is 461 g/mol. The molecular formula is C25H24N4O3S. The summed E-state index contributed by atoms with van der Waals surface area (Å²) in [6.07, 6.45) is 3.10. The number of sulfone groups is 1. The van der Waals surface area contributed by atoms with E-state index in [-0.39, 0.29) is 22.6 Å². The van der Waals surface area contributed by atoms with Crippen molar-refractivity contribution in [2.24, 2.45) is 0 Å². The maximum Gasteiger partial charge on any atom is 0.254 e. The Hall–Kier alpha value is -3.78. The topological polar surface area (TPSA) is 85.2 Å². The lowest BCUT2D eigenvalue weighted by Gasteiger charge is -2.26. The first-order valence-electron chi connectivity index (χ1n) is 10.4. The highest BCUT2D eigenvalue weighted by atomic mass is 32.2. The largest absolute Gasteiger partial charge is 0.335 e. The van der Waals surface area contributed by atoms with E-state index in [0.717, 1.165) is 11.3 Å². The first-order chi connectivity index (χ1) is 15.8. The van der Waals surface area contributed by atoms with Crippen LogP contribution in [0.1, 0.15) is 34.5 Å². The molecule has 0 fully saturated rings. The lowest BCUT2D eigenvalue weighted by atomic mass is 10.0. The molecule has 0 aliphatic rings. The number of hydrogen-bond donors (Lipinski definition) is 0. The Morgan fingerprint density at radius 2 is 1.73 bits per heavy atom. The maximum atomic E-state index is 13.2. The number of carbonyl (C=O) groups is 1. The van der Waals surface area contributed by atoms with Crippen molar-refractivity contribution >= 4 is 15.7 Å². The molecule has 4 aromatic rings. The van der Waals surface area contributed by atoms with Crippen molar-refractivity contribution in [3.8, 4) is 5.69 Å². The fourth-order valence-electron chi connectivity index (χ4n) is 3.57. The lowest BCUT2D eigenvalue weighted by molar-refractivity contribution is 0.0742. The van der Waals surface area contributed by atoms with E-state index in [9.17, 15) is 13.2 Å². The number of amides is 1. The Morgan fingerprint density at radius 3 is 2.39 bits per heavy atom. The average Bonchev–Trinajstić information content (AvgIpc) is 3.38. The molecule has 3 aromatic carbocycles. The molecule has 1 amide bonds. The highest BCUT2D eigenvalue weighted by Crippen LogP contribution is 2.23. The van der Waals surface area contributed by atoms with E-state index in [4.69, 9.17) is 0 Å². The second kappa shape index (κ2) is 9.38. The molecule has 168 valence electrons. The van der Waals surface area contributed by atoms with Crippen molar-refractivity contribution < 1.29 is 13.2 Å². The Balaban J connectivity index is 1.49. The monoisotopic (exact) mass is 460 g/mol. The van der Waals surface area contributed by atoms with E-state index in [1.165, 1.54) is 6.33 Å². The molecule has 0 aliphatic carbocycles. The summed E-state index contributed by atoms with van der Waals surface area (Å²) < 4.78 is 27.1. The van der Waals surface area contributed by atoms with Gasteiger partial charge in [0.1, 0.15) is 12.7 Å². The number of benzene rings is 3. The molecule has 0 radical (unpaired) electrons. The number of aromatic nitrogens is 3. The minimum atomic E-state index is -3.49. The third-order valence-corrected chi connectivity index (χ3v) is 7.30. The first kappa shape index (κ1) is 22.4. The summed E-state index contributed by atoms with van der Waals surface area (Å²) in [6, 6.07) is 22.7. The van der Waals surface area contributed by atoms with Crippen LogP contribution in [-0.2, 0) is 15.6 Å². The zero-order chi connectivity index (χ0) is 23.4. The zero-order valence-corrected chi connectivity index (χ0v) is 19.2. The smallest absolute Gasteiger partial charge is 0.254 e. The van der Waals surface area contributed by atoms with Crippen molar-refractivity contribution in [1.82, 2.24) is 19.7 Å². The number of rotatable bonds is 7. The summed E-state index contributed by atoms with van der Waals surface area (Å²) >= 11 is 0. The molecule has 1 unspecified atom stereocenters. The third-order valence-electron chi connectivity index (χ3n) is 5.59. The van der Waals surface area contributed by atoms with Gasteiger partial charge in [-0.05, 0) is 54.4 Å². The van der Waals surface area contributed by atoms with Gasteiger partial charge in [-0.1, -0.05) is 42.5 Å². The van der Waals surface area contributed by atoms with Gasteiger partial charge >= 0.3 is 0 Å². The van der Waals surface area contributed by atoms with Gasteiger partial charge in [-0.2, -0.15) is 5.10 Å². The second-order valence-corrected chi connectivity index (χ2v) is 9.79. The van der Waals surface area contributed by atoms with E-state index < -0.39 is 9.84 Å². The summed E-state index contributed by atoms with van der Waals surface area (Å²) in [6.45, 7) is 1.95. The van der Waals surface area contributed by atoms with Crippen molar-refractivity contribution in [2.45, 2.75) is 23.6 Å². The molecule has 1 heterocycles. The summed E-state index contributed by atoms with van der Waals surface area (Å²) in [5.41, 5.74) is 2.87. The fourth-order valence-corrected chi connectivity index (χ4v) is 4.93. The van der Waals surface area contributed by atoms with Crippen LogP contribution in [0.4, 0.5) is 0 Å². The van der Waals surface area contributed by atoms with E-state index in [1.54, 1.807) is 77.6 Å². The number of hydrogen-bond acceptors (Lipinski definition) is 5. The molecular weight excluding hydrogens is 436 g/mol. The molecule has 0 N–H and O–H groups in total. The predicted octanol–water partition coefficient (Wildman–Crippen LogP) is 4.07. The van der Waals surface area contributed by atoms with Crippen molar-refractivity contribution in [3.63, 3.8) is 0 Å². The third kappa shape index (κ3) is 5.01. The molecule has 1 aromatic heterocycles. The Bertz CT molecular complexity index is 1340. The molecule has 33 heavy (non-hydrogen) atoms. The van der Waals surface area contributed by atoms with E-state index in [0.29, 0.717) is 11.1 Å². The molecule has 0 spiro atoms. The van der Waals surface area contributed by atoms with Crippen molar-refractivity contribution in [1.29, 1.82) is 0 Å². The lowest BCUT2D eigenvalue weighted by Crippen LogP contribution is -2.29. The Kier molecular flexibility index (Phi) is 6.37. The van der Waals surface area contributed by atoms with Gasteiger partial charge in [0.15, 0.2) is 9.84 Å². The molecule has 0 saturated carbocycles. The SMILES string of the molecule is CC(c1ccc(-n2cncn2)cc1)N(C)C(=O)c1cccc(CS(=O)(=O)c2ccccc2)c1. The second-order valence-electron chi connectivity index (χ2n) is 7.80. The van der Waals surface area contributed by atoms with Gasteiger partial charge in [0.2, 0.25) is 0 Å². The molecule has 8 heteroatoms. The normalized spacial score (nSPS) is 12.3. The van der Waals surface area contributed by atoms with Crippen LogP contribution >= 0.6 is 0 Å². The Labute approximate surface area is 193 Å². The highest BCUT2D eigenvalue weighted by molar-refractivity contribution is 7.90. The number of carbonyl (C=O) groups excluding carboxylic acids is 1. The molecule has 4 rings (SSSR count). The van der Waals surface area contributed by atoms with Crippen LogP contribution in [0.25, 0.3) is 5.69 Å². The summed E-state index contributed by atoms with van der Waals surface area (Å²) in [4.78, 5) is 19.0. The first-order valence-corrected chi connectivity index (χ1v) is 12.1. The van der Waals surface area contributed by atoms with Crippen LogP contribution in [0, 0.1) is 0 Å². The van der Waals surface area contributed by atoms with Gasteiger partial charge in [0.05, 0.1) is 22.4 Å². The quantitative estimate of drug-likeness (QED) is 0.415. The minimum absolute atomic E-state index is 0.166. The fraction of sp³-hybridized carbons (Fsp3) is 0.160. The van der Waals surface area contributed by atoms with Crippen molar-refractivity contribution in [3.05, 3.63) is 108 Å². The van der Waals surface area contributed by atoms with Crippen LogP contribution in [-0.4, -0.2) is 41.0 Å². The van der Waals surface area contributed by atoms with Gasteiger partial charge in [0.25, 0.3) is 5.91 Å². The van der Waals surface area contributed by atoms with Crippen LogP contribution < -0.4 is 0 Å². The predicted molar refractivity (Wildman–Crippen MR) is 126 cm³/mol.